The summed E-state index contributed by atoms with van der Waals surface area (Å²) < 4.78 is 0. The molecule has 0 spiro atoms. The first kappa shape index (κ1) is 16.4. The second-order valence-electron chi connectivity index (χ2n) is 5.52. The molecule has 0 radical (unpaired) electrons. The Morgan fingerprint density at radius 2 is 1.94 bits per heavy atom. The van der Waals surface area contributed by atoms with Crippen molar-refractivity contribution in [3.05, 3.63) is 0 Å². The van der Waals surface area contributed by atoms with Crippen molar-refractivity contribution in [2.45, 2.75) is 52.6 Å². The van der Waals surface area contributed by atoms with Crippen LogP contribution < -0.4 is 11.1 Å². The molecule has 0 rings (SSSR count). The summed E-state index contributed by atoms with van der Waals surface area (Å²) in [7, 11) is 2.04. The summed E-state index contributed by atoms with van der Waals surface area (Å²) in [4.78, 5) is 13.8. The van der Waals surface area contributed by atoms with Gasteiger partial charge in [0.1, 0.15) is 5.54 Å². The molecule has 0 aromatic rings. The van der Waals surface area contributed by atoms with Crippen LogP contribution in [0.3, 0.4) is 0 Å². The molecule has 0 heterocycles. The Labute approximate surface area is 106 Å². The lowest BCUT2D eigenvalue weighted by Gasteiger charge is -2.36. The molecule has 0 aromatic carbocycles. The zero-order chi connectivity index (χ0) is 13.6. The van der Waals surface area contributed by atoms with Crippen molar-refractivity contribution in [2.75, 3.05) is 20.1 Å². The minimum atomic E-state index is -0.645. The molecule has 4 heteroatoms. The van der Waals surface area contributed by atoms with Crippen molar-refractivity contribution in [3.8, 4) is 0 Å². The highest BCUT2D eigenvalue weighted by atomic mass is 16.1. The molecule has 1 amide bonds. The zero-order valence-electron chi connectivity index (χ0n) is 12.2. The van der Waals surface area contributed by atoms with E-state index in [0.29, 0.717) is 18.5 Å². The van der Waals surface area contributed by atoms with Gasteiger partial charge < -0.3 is 16.0 Å². The molecule has 4 nitrogen and oxygen atoms in total. The molecule has 2 atom stereocenters. The SMILES string of the molecule is CCCNC(C)(CN(C)C(C)C(C)C)C(N)=O. The van der Waals surface area contributed by atoms with E-state index in [1.54, 1.807) is 0 Å². The molecule has 0 aliphatic carbocycles. The molecule has 17 heavy (non-hydrogen) atoms. The van der Waals surface area contributed by atoms with Gasteiger partial charge in [0.25, 0.3) is 0 Å². The Kier molecular flexibility index (Phi) is 6.72. The highest BCUT2D eigenvalue weighted by molar-refractivity contribution is 5.84. The summed E-state index contributed by atoms with van der Waals surface area (Å²) in [6.45, 7) is 11.9. The molecule has 0 aromatic heterocycles. The Balaban J connectivity index is 4.59. The second kappa shape index (κ2) is 6.97. The summed E-state index contributed by atoms with van der Waals surface area (Å²) in [6.07, 6.45) is 0.992. The van der Waals surface area contributed by atoms with Crippen molar-refractivity contribution >= 4 is 5.91 Å². The van der Waals surface area contributed by atoms with Gasteiger partial charge in [-0.05, 0) is 39.8 Å². The number of hydrogen-bond acceptors (Lipinski definition) is 3. The van der Waals surface area contributed by atoms with Gasteiger partial charge in [0.05, 0.1) is 0 Å². The second-order valence-corrected chi connectivity index (χ2v) is 5.52. The molecular weight excluding hydrogens is 214 g/mol. The number of carbonyl (C=O) groups is 1. The molecule has 102 valence electrons. The fourth-order valence-electron chi connectivity index (χ4n) is 1.77. The lowest BCUT2D eigenvalue weighted by molar-refractivity contribution is -0.124. The molecule has 0 saturated heterocycles. The van der Waals surface area contributed by atoms with E-state index in [1.165, 1.54) is 0 Å². The highest BCUT2D eigenvalue weighted by Crippen LogP contribution is 2.13. The third-order valence-electron chi connectivity index (χ3n) is 3.53. The first-order valence-electron chi connectivity index (χ1n) is 6.49. The smallest absolute Gasteiger partial charge is 0.238 e. The van der Waals surface area contributed by atoms with Crippen LogP contribution in [0.2, 0.25) is 0 Å². The van der Waals surface area contributed by atoms with Crippen LogP contribution in [-0.2, 0) is 4.79 Å². The Hall–Kier alpha value is -0.610. The normalized spacial score (nSPS) is 17.2. The van der Waals surface area contributed by atoms with Crippen LogP contribution in [0, 0.1) is 5.92 Å². The monoisotopic (exact) mass is 243 g/mol. The summed E-state index contributed by atoms with van der Waals surface area (Å²) >= 11 is 0. The predicted octanol–water partition coefficient (Wildman–Crippen LogP) is 1.21. The van der Waals surface area contributed by atoms with Crippen molar-refractivity contribution in [3.63, 3.8) is 0 Å². The molecule has 0 aliphatic heterocycles. The van der Waals surface area contributed by atoms with E-state index in [4.69, 9.17) is 5.73 Å². The van der Waals surface area contributed by atoms with Crippen LogP contribution in [-0.4, -0.2) is 42.5 Å². The maximum Gasteiger partial charge on any atom is 0.238 e. The van der Waals surface area contributed by atoms with Gasteiger partial charge in [0.2, 0.25) is 5.91 Å². The number of carbonyl (C=O) groups excluding carboxylic acids is 1. The quantitative estimate of drug-likeness (QED) is 0.673. The van der Waals surface area contributed by atoms with E-state index in [2.05, 4.69) is 37.9 Å². The zero-order valence-corrected chi connectivity index (χ0v) is 12.2. The minimum absolute atomic E-state index is 0.284. The molecule has 0 aliphatic rings. The first-order chi connectivity index (χ1) is 7.74. The highest BCUT2D eigenvalue weighted by Gasteiger charge is 2.33. The predicted molar refractivity (Wildman–Crippen MR) is 72.8 cm³/mol. The van der Waals surface area contributed by atoms with Crippen molar-refractivity contribution < 1.29 is 4.79 Å². The lowest BCUT2D eigenvalue weighted by atomic mass is 9.97. The third-order valence-corrected chi connectivity index (χ3v) is 3.53. The molecule has 3 N–H and O–H groups in total. The third kappa shape index (κ3) is 5.04. The molecule has 0 bridgehead atoms. The van der Waals surface area contributed by atoms with E-state index in [-0.39, 0.29) is 5.91 Å². The van der Waals surface area contributed by atoms with E-state index in [9.17, 15) is 4.79 Å². The van der Waals surface area contributed by atoms with Crippen molar-refractivity contribution in [1.29, 1.82) is 0 Å². The van der Waals surface area contributed by atoms with Crippen LogP contribution in [0.5, 0.6) is 0 Å². The standard InChI is InChI=1S/C13H29N3O/c1-7-8-15-13(5,12(14)17)9-16(6)11(4)10(2)3/h10-11,15H,7-9H2,1-6H3,(H2,14,17). The minimum Gasteiger partial charge on any atom is -0.368 e. The Morgan fingerprint density at radius 1 is 1.41 bits per heavy atom. The van der Waals surface area contributed by atoms with Crippen LogP contribution in [0.15, 0.2) is 0 Å². The van der Waals surface area contributed by atoms with E-state index in [0.717, 1.165) is 13.0 Å². The maximum absolute atomic E-state index is 11.6. The van der Waals surface area contributed by atoms with Crippen LogP contribution in [0.1, 0.15) is 41.0 Å². The number of likely N-dealkylation sites (N-methyl/N-ethyl adjacent to an activating group) is 1. The van der Waals surface area contributed by atoms with E-state index >= 15 is 0 Å². The van der Waals surface area contributed by atoms with Gasteiger partial charge in [-0.15, -0.1) is 0 Å². The van der Waals surface area contributed by atoms with Gasteiger partial charge in [0.15, 0.2) is 0 Å². The molecule has 2 unspecified atom stereocenters. The number of hydrogen-bond donors (Lipinski definition) is 2. The first-order valence-corrected chi connectivity index (χ1v) is 6.49. The number of primary amides is 1. The van der Waals surface area contributed by atoms with Gasteiger partial charge in [-0.25, -0.2) is 0 Å². The van der Waals surface area contributed by atoms with Gasteiger partial charge >= 0.3 is 0 Å². The van der Waals surface area contributed by atoms with Gasteiger partial charge in [-0.2, -0.15) is 0 Å². The number of nitrogens with one attached hydrogen (secondary N) is 1. The lowest BCUT2D eigenvalue weighted by Crippen LogP contribution is -2.60. The summed E-state index contributed by atoms with van der Waals surface area (Å²) in [5, 5.41) is 3.25. The molecular formula is C13H29N3O. The van der Waals surface area contributed by atoms with E-state index < -0.39 is 5.54 Å². The average molecular weight is 243 g/mol. The molecule has 0 fully saturated rings. The van der Waals surface area contributed by atoms with Crippen molar-refractivity contribution in [1.82, 2.24) is 10.2 Å². The topological polar surface area (TPSA) is 58.4 Å². The number of rotatable bonds is 8. The van der Waals surface area contributed by atoms with Gasteiger partial charge in [-0.3, -0.25) is 4.79 Å². The van der Waals surface area contributed by atoms with Crippen LogP contribution in [0.4, 0.5) is 0 Å². The van der Waals surface area contributed by atoms with Crippen LogP contribution >= 0.6 is 0 Å². The molecule has 0 saturated carbocycles. The van der Waals surface area contributed by atoms with E-state index in [1.807, 2.05) is 14.0 Å². The Bertz CT molecular complexity index is 243. The maximum atomic E-state index is 11.6. The number of nitrogens with zero attached hydrogens (tertiary/aromatic N) is 1. The fourth-order valence-corrected chi connectivity index (χ4v) is 1.77. The Morgan fingerprint density at radius 3 is 2.29 bits per heavy atom. The summed E-state index contributed by atoms with van der Waals surface area (Å²) in [5.74, 6) is 0.275. The fraction of sp³-hybridized carbons (Fsp3) is 0.923. The average Bonchev–Trinajstić information content (AvgIpc) is 2.24. The van der Waals surface area contributed by atoms with Crippen molar-refractivity contribution in [2.24, 2.45) is 11.7 Å². The summed E-state index contributed by atoms with van der Waals surface area (Å²) in [5.41, 5.74) is 4.86. The van der Waals surface area contributed by atoms with Crippen LogP contribution in [0.25, 0.3) is 0 Å². The summed E-state index contributed by atoms with van der Waals surface area (Å²) in [6, 6.07) is 0.428. The number of amides is 1. The number of nitrogens with two attached hydrogens (primary N) is 1. The largest absolute Gasteiger partial charge is 0.368 e. The van der Waals surface area contributed by atoms with Gasteiger partial charge in [0, 0.05) is 12.6 Å². The van der Waals surface area contributed by atoms with Gasteiger partial charge in [-0.1, -0.05) is 20.8 Å².